The number of amides is 1. The first-order valence-electron chi connectivity index (χ1n) is 8.19. The van der Waals surface area contributed by atoms with Crippen LogP contribution in [0.5, 0.6) is 0 Å². The first-order valence-corrected chi connectivity index (χ1v) is 8.98. The van der Waals surface area contributed by atoms with Crippen LogP contribution in [0.2, 0.25) is 0 Å². The van der Waals surface area contributed by atoms with Gasteiger partial charge in [0.1, 0.15) is 0 Å². The molecule has 4 rings (SSSR count). The molecule has 1 heterocycles. The molecule has 0 atom stereocenters. The number of carbonyl (C=O) groups excluding carboxylic acids is 1. The average molecular weight is 397 g/mol. The molecule has 4 nitrogen and oxygen atoms in total. The van der Waals surface area contributed by atoms with E-state index in [4.69, 9.17) is 4.52 Å². The number of nitrogens with zero attached hydrogens (tertiary/aromatic N) is 1. The van der Waals surface area contributed by atoms with Gasteiger partial charge in [0.25, 0.3) is 0 Å². The molecular formula is C20H17BrN2O2. The van der Waals surface area contributed by atoms with Crippen molar-refractivity contribution >= 4 is 27.5 Å². The average Bonchev–Trinajstić information content (AvgIpc) is 3.29. The van der Waals surface area contributed by atoms with Crippen LogP contribution >= 0.6 is 15.9 Å². The van der Waals surface area contributed by atoms with Crippen LogP contribution in [-0.2, 0) is 10.2 Å². The summed E-state index contributed by atoms with van der Waals surface area (Å²) in [6.07, 6.45) is 1.57. The van der Waals surface area contributed by atoms with Crippen molar-refractivity contribution in [2.45, 2.75) is 25.2 Å². The normalized spacial score (nSPS) is 15.0. The highest BCUT2D eigenvalue weighted by Gasteiger charge is 2.53. The van der Waals surface area contributed by atoms with Gasteiger partial charge in [-0.2, -0.15) is 0 Å². The van der Waals surface area contributed by atoms with Gasteiger partial charge in [0.15, 0.2) is 5.76 Å². The topological polar surface area (TPSA) is 55.1 Å². The SMILES string of the molecule is Cc1cc(NC(=O)C2(c3cc(-c4ccccc4)on3)CC2)ccc1Br. The van der Waals surface area contributed by atoms with Crippen LogP contribution in [0, 0.1) is 6.92 Å². The molecule has 0 aliphatic heterocycles. The van der Waals surface area contributed by atoms with Crippen LogP contribution < -0.4 is 5.32 Å². The zero-order chi connectivity index (χ0) is 17.4. The minimum atomic E-state index is -0.572. The number of hydrogen-bond acceptors (Lipinski definition) is 3. The maximum Gasteiger partial charge on any atom is 0.236 e. The van der Waals surface area contributed by atoms with Gasteiger partial charge >= 0.3 is 0 Å². The van der Waals surface area contributed by atoms with E-state index in [2.05, 4.69) is 26.4 Å². The van der Waals surface area contributed by atoms with E-state index in [1.165, 1.54) is 0 Å². The number of aryl methyl sites for hydroxylation is 1. The highest BCUT2D eigenvalue weighted by molar-refractivity contribution is 9.10. The summed E-state index contributed by atoms with van der Waals surface area (Å²) in [5.41, 5.74) is 2.97. The van der Waals surface area contributed by atoms with E-state index in [1.807, 2.05) is 61.5 Å². The lowest BCUT2D eigenvalue weighted by atomic mass is 10.00. The summed E-state index contributed by atoms with van der Waals surface area (Å²) in [5.74, 6) is 0.663. The molecule has 5 heteroatoms. The molecule has 126 valence electrons. The Bertz CT molecular complexity index is 930. The van der Waals surface area contributed by atoms with Crippen LogP contribution in [0.4, 0.5) is 5.69 Å². The van der Waals surface area contributed by atoms with Crippen LogP contribution in [0.1, 0.15) is 24.1 Å². The summed E-state index contributed by atoms with van der Waals surface area (Å²) < 4.78 is 6.50. The molecule has 3 aromatic rings. The highest BCUT2D eigenvalue weighted by Crippen LogP contribution is 2.49. The predicted octanol–water partition coefficient (Wildman–Crippen LogP) is 5.08. The molecule has 2 aromatic carbocycles. The molecule has 1 aromatic heterocycles. The summed E-state index contributed by atoms with van der Waals surface area (Å²) in [5, 5.41) is 7.20. The quantitative estimate of drug-likeness (QED) is 0.668. The van der Waals surface area contributed by atoms with E-state index in [0.29, 0.717) is 11.5 Å². The second-order valence-corrected chi connectivity index (χ2v) is 7.30. The number of aromatic nitrogens is 1. The highest BCUT2D eigenvalue weighted by atomic mass is 79.9. The summed E-state index contributed by atoms with van der Waals surface area (Å²) in [6.45, 7) is 2.00. The van der Waals surface area contributed by atoms with E-state index in [1.54, 1.807) is 0 Å². The number of hydrogen-bond donors (Lipinski definition) is 1. The van der Waals surface area contributed by atoms with E-state index in [0.717, 1.165) is 34.1 Å². The van der Waals surface area contributed by atoms with Crippen molar-refractivity contribution in [3.63, 3.8) is 0 Å². The summed E-state index contributed by atoms with van der Waals surface area (Å²) in [7, 11) is 0. The Balaban J connectivity index is 1.56. The third-order valence-corrected chi connectivity index (χ3v) is 5.55. The third kappa shape index (κ3) is 3.00. The molecule has 1 saturated carbocycles. The summed E-state index contributed by atoms with van der Waals surface area (Å²) in [6, 6.07) is 17.5. The van der Waals surface area contributed by atoms with E-state index >= 15 is 0 Å². The van der Waals surface area contributed by atoms with Gasteiger partial charge in [-0.05, 0) is 43.5 Å². The Morgan fingerprint density at radius 2 is 1.92 bits per heavy atom. The minimum Gasteiger partial charge on any atom is -0.356 e. The van der Waals surface area contributed by atoms with Gasteiger partial charge in [-0.3, -0.25) is 4.79 Å². The van der Waals surface area contributed by atoms with Crippen LogP contribution in [-0.4, -0.2) is 11.1 Å². The Labute approximate surface area is 154 Å². The third-order valence-electron chi connectivity index (χ3n) is 4.66. The zero-order valence-electron chi connectivity index (χ0n) is 13.8. The van der Waals surface area contributed by atoms with Crippen LogP contribution in [0.15, 0.2) is 63.6 Å². The molecule has 1 aliphatic carbocycles. The lowest BCUT2D eigenvalue weighted by molar-refractivity contribution is -0.118. The molecule has 1 N–H and O–H groups in total. The van der Waals surface area contributed by atoms with Crippen molar-refractivity contribution in [3.05, 3.63) is 70.3 Å². The van der Waals surface area contributed by atoms with Gasteiger partial charge in [0, 0.05) is 21.8 Å². The molecular weight excluding hydrogens is 380 g/mol. The van der Waals surface area contributed by atoms with Gasteiger partial charge in [-0.25, -0.2) is 0 Å². The van der Waals surface area contributed by atoms with Crippen molar-refractivity contribution in [2.75, 3.05) is 5.32 Å². The first-order chi connectivity index (χ1) is 12.1. The number of nitrogens with one attached hydrogen (secondary N) is 1. The predicted molar refractivity (Wildman–Crippen MR) is 100 cm³/mol. The lowest BCUT2D eigenvalue weighted by Crippen LogP contribution is -2.28. The first kappa shape index (κ1) is 16.1. The van der Waals surface area contributed by atoms with Gasteiger partial charge in [0.05, 0.1) is 11.1 Å². The Morgan fingerprint density at radius 3 is 2.60 bits per heavy atom. The van der Waals surface area contributed by atoms with E-state index < -0.39 is 5.41 Å². The fraction of sp³-hybridized carbons (Fsp3) is 0.200. The second kappa shape index (κ2) is 6.15. The molecule has 1 amide bonds. The number of rotatable bonds is 4. The van der Waals surface area contributed by atoms with Gasteiger partial charge < -0.3 is 9.84 Å². The lowest BCUT2D eigenvalue weighted by Gasteiger charge is -2.13. The van der Waals surface area contributed by atoms with Crippen molar-refractivity contribution in [1.29, 1.82) is 0 Å². The van der Waals surface area contributed by atoms with Crippen LogP contribution in [0.3, 0.4) is 0 Å². The minimum absolute atomic E-state index is 0.0258. The molecule has 0 saturated heterocycles. The van der Waals surface area contributed by atoms with Crippen molar-refractivity contribution in [3.8, 4) is 11.3 Å². The molecule has 0 spiro atoms. The maximum absolute atomic E-state index is 12.8. The fourth-order valence-corrected chi connectivity index (χ4v) is 3.18. The Hall–Kier alpha value is -2.40. The number of anilines is 1. The number of halogens is 1. The van der Waals surface area contributed by atoms with E-state index in [9.17, 15) is 4.79 Å². The Kier molecular flexibility index (Phi) is 3.96. The van der Waals surface area contributed by atoms with Crippen molar-refractivity contribution in [2.24, 2.45) is 0 Å². The van der Waals surface area contributed by atoms with Gasteiger partial charge in [-0.1, -0.05) is 51.4 Å². The maximum atomic E-state index is 12.8. The number of benzene rings is 2. The second-order valence-electron chi connectivity index (χ2n) is 6.44. The smallest absolute Gasteiger partial charge is 0.236 e. The largest absolute Gasteiger partial charge is 0.356 e. The zero-order valence-corrected chi connectivity index (χ0v) is 15.3. The summed E-state index contributed by atoms with van der Waals surface area (Å²) in [4.78, 5) is 12.8. The standard InChI is InChI=1S/C20H17BrN2O2/c1-13-11-15(7-8-16(13)21)22-19(24)20(9-10-20)18-12-17(25-23-18)14-5-3-2-4-6-14/h2-8,11-12H,9-10H2,1H3,(H,22,24). The van der Waals surface area contributed by atoms with Crippen LogP contribution in [0.25, 0.3) is 11.3 Å². The molecule has 25 heavy (non-hydrogen) atoms. The molecule has 1 fully saturated rings. The number of carbonyl (C=O) groups is 1. The van der Waals surface area contributed by atoms with Crippen molar-refractivity contribution < 1.29 is 9.32 Å². The summed E-state index contributed by atoms with van der Waals surface area (Å²) >= 11 is 3.47. The van der Waals surface area contributed by atoms with Crippen molar-refractivity contribution in [1.82, 2.24) is 5.16 Å². The molecule has 0 radical (unpaired) electrons. The van der Waals surface area contributed by atoms with Gasteiger partial charge in [0.2, 0.25) is 5.91 Å². The monoisotopic (exact) mass is 396 g/mol. The van der Waals surface area contributed by atoms with Gasteiger partial charge in [-0.15, -0.1) is 0 Å². The fourth-order valence-electron chi connectivity index (χ4n) is 2.94. The van der Waals surface area contributed by atoms with E-state index in [-0.39, 0.29) is 5.91 Å². The Morgan fingerprint density at radius 1 is 1.16 bits per heavy atom. The molecule has 0 unspecified atom stereocenters. The molecule has 0 bridgehead atoms. The molecule has 1 aliphatic rings.